The Bertz CT molecular complexity index is 875. The number of hydrogen-bond donors (Lipinski definition) is 0. The number of nitrogens with zero attached hydrogens (tertiary/aromatic N) is 4. The summed E-state index contributed by atoms with van der Waals surface area (Å²) >= 11 is 0. The molecule has 150 valence electrons. The van der Waals surface area contributed by atoms with Crippen LogP contribution in [0.1, 0.15) is 46.4 Å². The fourth-order valence-corrected chi connectivity index (χ4v) is 3.73. The number of piperidine rings is 1. The second kappa shape index (κ2) is 8.38. The number of likely N-dealkylation sites (tertiary alicyclic amines) is 1. The Labute approximate surface area is 168 Å². The van der Waals surface area contributed by atoms with Crippen molar-refractivity contribution < 1.29 is 19.1 Å². The van der Waals surface area contributed by atoms with Gasteiger partial charge in [0.05, 0.1) is 17.3 Å². The van der Waals surface area contributed by atoms with Gasteiger partial charge in [0, 0.05) is 51.3 Å². The zero-order chi connectivity index (χ0) is 20.2. The van der Waals surface area contributed by atoms with Crippen LogP contribution in [0.2, 0.25) is 0 Å². The van der Waals surface area contributed by atoms with Crippen molar-refractivity contribution >= 4 is 17.7 Å². The molecule has 0 spiro atoms. The van der Waals surface area contributed by atoms with E-state index in [2.05, 4.69) is 9.97 Å². The predicted octanol–water partition coefficient (Wildman–Crippen LogP) is 1.92. The van der Waals surface area contributed by atoms with Gasteiger partial charge in [-0.3, -0.25) is 24.3 Å². The highest BCUT2D eigenvalue weighted by Gasteiger charge is 2.34. The molecule has 29 heavy (non-hydrogen) atoms. The molecule has 4 rings (SSSR count). The summed E-state index contributed by atoms with van der Waals surface area (Å²) in [5, 5.41) is 0. The molecule has 1 aromatic carbocycles. The van der Waals surface area contributed by atoms with Gasteiger partial charge in [-0.2, -0.15) is 0 Å². The molecule has 0 bridgehead atoms. The lowest BCUT2D eigenvalue weighted by Crippen LogP contribution is -2.42. The van der Waals surface area contributed by atoms with E-state index >= 15 is 0 Å². The molecule has 8 heteroatoms. The highest BCUT2D eigenvalue weighted by Crippen LogP contribution is 2.23. The van der Waals surface area contributed by atoms with E-state index < -0.39 is 0 Å². The molecule has 0 unspecified atom stereocenters. The number of benzene rings is 1. The number of aromatic nitrogens is 2. The Balaban J connectivity index is 1.21. The Morgan fingerprint density at radius 3 is 2.38 bits per heavy atom. The molecule has 1 saturated heterocycles. The number of fused-ring (bicyclic) bond motifs is 1. The minimum atomic E-state index is -0.278. The van der Waals surface area contributed by atoms with Crippen LogP contribution in [0.15, 0.2) is 42.9 Å². The minimum Gasteiger partial charge on any atom is -0.473 e. The average Bonchev–Trinajstić information content (AvgIpc) is 3.00. The van der Waals surface area contributed by atoms with Crippen molar-refractivity contribution in [3.63, 3.8) is 0 Å². The van der Waals surface area contributed by atoms with Crippen LogP contribution < -0.4 is 4.74 Å². The molecule has 2 aliphatic rings. The molecular weight excluding hydrogens is 372 g/mol. The largest absolute Gasteiger partial charge is 0.473 e. The summed E-state index contributed by atoms with van der Waals surface area (Å²) in [6.45, 7) is 1.50. The predicted molar refractivity (Wildman–Crippen MR) is 103 cm³/mol. The van der Waals surface area contributed by atoms with E-state index in [1.54, 1.807) is 42.9 Å². The third-order valence-electron chi connectivity index (χ3n) is 5.27. The molecule has 3 heterocycles. The van der Waals surface area contributed by atoms with Gasteiger partial charge in [-0.15, -0.1) is 0 Å². The molecule has 2 aliphatic heterocycles. The van der Waals surface area contributed by atoms with Gasteiger partial charge >= 0.3 is 0 Å². The first-order valence-corrected chi connectivity index (χ1v) is 9.79. The number of amides is 3. The van der Waals surface area contributed by atoms with Crippen molar-refractivity contribution in [2.24, 2.45) is 0 Å². The normalized spacial score (nSPS) is 16.8. The van der Waals surface area contributed by atoms with E-state index in [-0.39, 0.29) is 30.4 Å². The highest BCUT2D eigenvalue weighted by molar-refractivity contribution is 6.21. The number of hydrogen-bond acceptors (Lipinski definition) is 6. The molecule has 8 nitrogen and oxygen atoms in total. The average molecular weight is 394 g/mol. The second-order valence-electron chi connectivity index (χ2n) is 7.15. The van der Waals surface area contributed by atoms with Gasteiger partial charge in [0.2, 0.25) is 11.8 Å². The molecule has 1 fully saturated rings. The van der Waals surface area contributed by atoms with Crippen LogP contribution >= 0.6 is 0 Å². The molecule has 0 aliphatic carbocycles. The maximum Gasteiger partial charge on any atom is 0.261 e. The summed E-state index contributed by atoms with van der Waals surface area (Å²) in [5.41, 5.74) is 0.878. The van der Waals surface area contributed by atoms with Crippen LogP contribution in [0.4, 0.5) is 0 Å². The highest BCUT2D eigenvalue weighted by atomic mass is 16.5. The Kier molecular flexibility index (Phi) is 5.50. The Hall–Kier alpha value is -3.29. The fraction of sp³-hybridized carbons (Fsp3) is 0.381. The van der Waals surface area contributed by atoms with Crippen molar-refractivity contribution in [1.29, 1.82) is 0 Å². The summed E-state index contributed by atoms with van der Waals surface area (Å²) in [5.74, 6) is -0.0159. The van der Waals surface area contributed by atoms with Gasteiger partial charge in [0.1, 0.15) is 6.10 Å². The maximum absolute atomic E-state index is 12.5. The molecule has 3 amide bonds. The maximum atomic E-state index is 12.5. The first-order valence-electron chi connectivity index (χ1n) is 9.79. The lowest BCUT2D eigenvalue weighted by Gasteiger charge is -2.32. The van der Waals surface area contributed by atoms with Crippen molar-refractivity contribution in [3.8, 4) is 5.88 Å². The van der Waals surface area contributed by atoms with Crippen molar-refractivity contribution in [1.82, 2.24) is 19.8 Å². The third kappa shape index (κ3) is 4.11. The van der Waals surface area contributed by atoms with E-state index in [4.69, 9.17) is 4.74 Å². The van der Waals surface area contributed by atoms with Gasteiger partial charge < -0.3 is 9.64 Å². The fourth-order valence-electron chi connectivity index (χ4n) is 3.73. The zero-order valence-electron chi connectivity index (χ0n) is 16.0. The van der Waals surface area contributed by atoms with Crippen molar-refractivity contribution in [2.75, 3.05) is 19.6 Å². The van der Waals surface area contributed by atoms with E-state index in [0.29, 0.717) is 42.9 Å². The van der Waals surface area contributed by atoms with Crippen molar-refractivity contribution in [2.45, 2.75) is 31.8 Å². The Morgan fingerprint density at radius 1 is 1.07 bits per heavy atom. The lowest BCUT2D eigenvalue weighted by molar-refractivity contribution is -0.133. The third-order valence-corrected chi connectivity index (χ3v) is 5.27. The van der Waals surface area contributed by atoms with Crippen LogP contribution in [-0.4, -0.2) is 63.2 Å². The van der Waals surface area contributed by atoms with Crippen LogP contribution in [0.5, 0.6) is 5.88 Å². The van der Waals surface area contributed by atoms with E-state index in [0.717, 1.165) is 12.8 Å². The summed E-state index contributed by atoms with van der Waals surface area (Å²) in [6, 6.07) is 6.81. The first-order chi connectivity index (χ1) is 14.1. The summed E-state index contributed by atoms with van der Waals surface area (Å²) in [4.78, 5) is 48.3. The number of carbonyl (C=O) groups is 3. The Morgan fingerprint density at radius 2 is 1.76 bits per heavy atom. The quantitative estimate of drug-likeness (QED) is 0.695. The molecule has 0 saturated carbocycles. The zero-order valence-corrected chi connectivity index (χ0v) is 16.0. The van der Waals surface area contributed by atoms with Gasteiger partial charge in [-0.05, 0) is 18.6 Å². The lowest BCUT2D eigenvalue weighted by atomic mass is 10.1. The van der Waals surface area contributed by atoms with Crippen LogP contribution in [-0.2, 0) is 4.79 Å². The molecule has 0 N–H and O–H groups in total. The topological polar surface area (TPSA) is 92.7 Å². The second-order valence-corrected chi connectivity index (χ2v) is 7.15. The standard InChI is InChI=1S/C21H22N4O4/c26-19(24-12-7-15(8-13-24)29-18-14-22-9-10-23-18)6-3-11-25-20(27)16-4-1-2-5-17(16)21(25)28/h1-2,4-5,9-10,14-15H,3,6-8,11-13H2. The van der Waals surface area contributed by atoms with Gasteiger partial charge in [-0.1, -0.05) is 12.1 Å². The van der Waals surface area contributed by atoms with Crippen molar-refractivity contribution in [3.05, 3.63) is 54.0 Å². The smallest absolute Gasteiger partial charge is 0.261 e. The van der Waals surface area contributed by atoms with Crippen LogP contribution in [0, 0.1) is 0 Å². The van der Waals surface area contributed by atoms with E-state index in [1.165, 1.54) is 4.90 Å². The molecule has 2 aromatic rings. The molecule has 0 atom stereocenters. The number of carbonyl (C=O) groups excluding carboxylic acids is 3. The molecular formula is C21H22N4O4. The molecule has 1 aromatic heterocycles. The van der Waals surface area contributed by atoms with E-state index in [1.807, 2.05) is 4.90 Å². The van der Waals surface area contributed by atoms with Gasteiger partial charge in [-0.25, -0.2) is 4.98 Å². The van der Waals surface area contributed by atoms with Gasteiger partial charge in [0.15, 0.2) is 0 Å². The minimum absolute atomic E-state index is 0.0223. The molecule has 0 radical (unpaired) electrons. The van der Waals surface area contributed by atoms with Crippen LogP contribution in [0.25, 0.3) is 0 Å². The number of rotatable bonds is 6. The number of ether oxygens (including phenoxy) is 1. The first kappa shape index (κ1) is 19.0. The summed E-state index contributed by atoms with van der Waals surface area (Å²) in [7, 11) is 0. The van der Waals surface area contributed by atoms with E-state index in [9.17, 15) is 14.4 Å². The SMILES string of the molecule is O=C(CCCN1C(=O)c2ccccc2C1=O)N1CCC(Oc2cnccn2)CC1. The monoisotopic (exact) mass is 394 g/mol. The number of imide groups is 1. The van der Waals surface area contributed by atoms with Gasteiger partial charge in [0.25, 0.3) is 11.8 Å². The summed E-state index contributed by atoms with van der Waals surface area (Å²) in [6.07, 6.45) is 7.02. The van der Waals surface area contributed by atoms with Crippen LogP contribution in [0.3, 0.4) is 0 Å². The summed E-state index contributed by atoms with van der Waals surface area (Å²) < 4.78 is 5.79.